The number of hydrogen-bond donors (Lipinski definition) is 2. The number of rotatable bonds is 8. The van der Waals surface area contributed by atoms with Crippen molar-refractivity contribution in [2.24, 2.45) is 11.3 Å². The second kappa shape index (κ2) is 9.30. The second-order valence-electron chi connectivity index (χ2n) is 8.63. The summed E-state index contributed by atoms with van der Waals surface area (Å²) in [6.45, 7) is 5.08. The monoisotopic (exact) mass is 518 g/mol. The van der Waals surface area contributed by atoms with Crippen LogP contribution in [0, 0.1) is 11.3 Å². The van der Waals surface area contributed by atoms with Gasteiger partial charge in [-0.1, -0.05) is 13.8 Å². The largest absolute Gasteiger partial charge is 0.462 e. The molecule has 16 heteroatoms. The molecule has 0 rings (SSSR count). The van der Waals surface area contributed by atoms with E-state index in [9.17, 15) is 67.7 Å². The summed E-state index contributed by atoms with van der Waals surface area (Å²) in [6, 6.07) is 0. The van der Waals surface area contributed by atoms with Crippen LogP contribution in [0.25, 0.3) is 0 Å². The van der Waals surface area contributed by atoms with E-state index in [2.05, 4.69) is 4.74 Å². The maximum Gasteiger partial charge on any atom is 0.426 e. The molecule has 0 heterocycles. The summed E-state index contributed by atoms with van der Waals surface area (Å²) in [4.78, 5) is 12.3. The molecule has 0 atom stereocenters. The highest BCUT2D eigenvalue weighted by molar-refractivity contribution is 5.76. The SMILES string of the molecule is CC(C)CC(C)(C)C(=O)OC(CC(O)(C(F)(F)F)C(F)(F)F)CC(O)(C(F)(F)F)C(F)(F)F. The van der Waals surface area contributed by atoms with Crippen LogP contribution < -0.4 is 0 Å². The van der Waals surface area contributed by atoms with Crippen molar-refractivity contribution in [2.45, 2.75) is 89.0 Å². The summed E-state index contributed by atoms with van der Waals surface area (Å²) in [6.07, 6.45) is -36.2. The fourth-order valence-electron chi connectivity index (χ4n) is 3.01. The number of carbonyl (C=O) groups excluding carboxylic acids is 1. The standard InChI is InChI=1S/C17H22F12O4/c1-8(2)5-11(3,4)10(30)33-9(6-12(31,14(18,19)20)15(21,22)23)7-13(32,16(24,25)26)17(27,28)29/h8-9,31-32H,5-7H2,1-4H3. The quantitative estimate of drug-likeness (QED) is 0.331. The highest BCUT2D eigenvalue weighted by Crippen LogP contribution is 2.50. The van der Waals surface area contributed by atoms with Gasteiger partial charge < -0.3 is 14.9 Å². The van der Waals surface area contributed by atoms with E-state index < -0.39 is 66.2 Å². The lowest BCUT2D eigenvalue weighted by molar-refractivity contribution is -0.386. The van der Waals surface area contributed by atoms with Crippen molar-refractivity contribution in [1.29, 1.82) is 0 Å². The lowest BCUT2D eigenvalue weighted by Crippen LogP contribution is -2.62. The average Bonchev–Trinajstić information content (AvgIpc) is 2.48. The molecule has 0 aromatic heterocycles. The van der Waals surface area contributed by atoms with E-state index in [0.717, 1.165) is 13.8 Å². The highest BCUT2D eigenvalue weighted by Gasteiger charge is 2.74. The smallest absolute Gasteiger partial charge is 0.426 e. The molecule has 198 valence electrons. The number of alkyl halides is 12. The third-order valence-corrected chi connectivity index (χ3v) is 4.67. The first-order valence-electron chi connectivity index (χ1n) is 9.05. The van der Waals surface area contributed by atoms with Gasteiger partial charge >= 0.3 is 30.7 Å². The molecule has 2 N–H and O–H groups in total. The first-order valence-corrected chi connectivity index (χ1v) is 9.05. The van der Waals surface area contributed by atoms with Crippen molar-refractivity contribution in [2.75, 3.05) is 0 Å². The lowest BCUT2D eigenvalue weighted by atomic mass is 9.83. The van der Waals surface area contributed by atoms with Crippen molar-refractivity contribution in [1.82, 2.24) is 0 Å². The molecule has 0 aromatic carbocycles. The molecule has 0 radical (unpaired) electrons. The van der Waals surface area contributed by atoms with E-state index in [0.29, 0.717) is 0 Å². The number of halogens is 12. The predicted octanol–water partition coefficient (Wildman–Crippen LogP) is 5.46. The van der Waals surface area contributed by atoms with Crippen LogP contribution in [0.4, 0.5) is 52.7 Å². The fourth-order valence-corrected chi connectivity index (χ4v) is 3.01. The Morgan fingerprint density at radius 3 is 1.15 bits per heavy atom. The van der Waals surface area contributed by atoms with E-state index in [1.807, 2.05) is 0 Å². The summed E-state index contributed by atoms with van der Waals surface area (Å²) in [7, 11) is 0. The predicted molar refractivity (Wildman–Crippen MR) is 86.5 cm³/mol. The van der Waals surface area contributed by atoms with Crippen molar-refractivity contribution in [3.63, 3.8) is 0 Å². The van der Waals surface area contributed by atoms with Crippen molar-refractivity contribution in [3.05, 3.63) is 0 Å². The number of aliphatic hydroxyl groups is 2. The van der Waals surface area contributed by atoms with Gasteiger partial charge in [0.05, 0.1) is 5.41 Å². The zero-order chi connectivity index (χ0) is 27.1. The molecule has 0 saturated heterocycles. The normalized spacial score (nSPS) is 15.4. The highest BCUT2D eigenvalue weighted by atomic mass is 19.4. The molecular weight excluding hydrogens is 496 g/mol. The Morgan fingerprint density at radius 2 is 0.939 bits per heavy atom. The van der Waals surface area contributed by atoms with Crippen molar-refractivity contribution in [3.8, 4) is 0 Å². The third-order valence-electron chi connectivity index (χ3n) is 4.67. The Hall–Kier alpha value is -1.45. The summed E-state index contributed by atoms with van der Waals surface area (Å²) in [5.41, 5.74) is -13.5. The molecule has 0 unspecified atom stereocenters. The van der Waals surface area contributed by atoms with Crippen LogP contribution in [0.3, 0.4) is 0 Å². The van der Waals surface area contributed by atoms with Gasteiger partial charge in [0.25, 0.3) is 11.2 Å². The van der Waals surface area contributed by atoms with E-state index in [1.54, 1.807) is 0 Å². The summed E-state index contributed by atoms with van der Waals surface area (Å²) < 4.78 is 160. The lowest BCUT2D eigenvalue weighted by Gasteiger charge is -2.39. The number of hydrogen-bond acceptors (Lipinski definition) is 4. The van der Waals surface area contributed by atoms with Gasteiger partial charge in [0.2, 0.25) is 0 Å². The number of esters is 1. The van der Waals surface area contributed by atoms with Crippen LogP contribution in [0.5, 0.6) is 0 Å². The van der Waals surface area contributed by atoms with E-state index in [4.69, 9.17) is 0 Å². The molecule has 0 aliphatic rings. The molecule has 0 saturated carbocycles. The van der Waals surface area contributed by atoms with Crippen LogP contribution >= 0.6 is 0 Å². The zero-order valence-electron chi connectivity index (χ0n) is 17.5. The van der Waals surface area contributed by atoms with Gasteiger partial charge in [-0.3, -0.25) is 4.79 Å². The van der Waals surface area contributed by atoms with E-state index >= 15 is 0 Å². The maximum atomic E-state index is 13.0. The van der Waals surface area contributed by atoms with Crippen molar-refractivity contribution >= 4 is 5.97 Å². The molecular formula is C17H22F12O4. The molecule has 0 bridgehead atoms. The Balaban J connectivity index is 6.57. The van der Waals surface area contributed by atoms with Crippen LogP contribution in [0.1, 0.15) is 47.0 Å². The van der Waals surface area contributed by atoms with Gasteiger partial charge in [-0.2, -0.15) is 52.7 Å². The molecule has 0 amide bonds. The number of carbonyl (C=O) groups is 1. The van der Waals surface area contributed by atoms with Gasteiger partial charge in [-0.05, 0) is 26.2 Å². The average molecular weight is 518 g/mol. The van der Waals surface area contributed by atoms with E-state index in [-0.39, 0.29) is 12.3 Å². The Kier molecular flexibility index (Phi) is 8.89. The fraction of sp³-hybridized carbons (Fsp3) is 0.941. The molecule has 4 nitrogen and oxygen atoms in total. The number of ether oxygens (including phenoxy) is 1. The van der Waals surface area contributed by atoms with Crippen molar-refractivity contribution < 1.29 is 72.4 Å². The zero-order valence-corrected chi connectivity index (χ0v) is 17.5. The molecule has 0 aromatic rings. The van der Waals surface area contributed by atoms with Gasteiger partial charge in [0.15, 0.2) is 0 Å². The van der Waals surface area contributed by atoms with Crippen LogP contribution in [0.2, 0.25) is 0 Å². The Bertz CT molecular complexity index is 605. The van der Waals surface area contributed by atoms with Crippen LogP contribution in [0.15, 0.2) is 0 Å². The minimum atomic E-state index is -6.64. The molecule has 0 aliphatic carbocycles. The Labute approximate surface area is 179 Å². The summed E-state index contributed by atoms with van der Waals surface area (Å²) in [5, 5.41) is 18.5. The van der Waals surface area contributed by atoms with E-state index in [1.165, 1.54) is 13.8 Å². The third kappa shape index (κ3) is 7.02. The van der Waals surface area contributed by atoms with Crippen LogP contribution in [-0.4, -0.2) is 58.2 Å². The van der Waals surface area contributed by atoms with Crippen LogP contribution in [-0.2, 0) is 9.53 Å². The first-order chi connectivity index (χ1) is 14.1. The van der Waals surface area contributed by atoms with Gasteiger partial charge in [-0.15, -0.1) is 0 Å². The minimum absolute atomic E-state index is 0.176. The van der Waals surface area contributed by atoms with Gasteiger partial charge in [0, 0.05) is 12.8 Å². The van der Waals surface area contributed by atoms with Gasteiger partial charge in [0.1, 0.15) is 6.10 Å². The summed E-state index contributed by atoms with van der Waals surface area (Å²) >= 11 is 0. The second-order valence-corrected chi connectivity index (χ2v) is 8.63. The molecule has 33 heavy (non-hydrogen) atoms. The Morgan fingerprint density at radius 1 is 0.667 bits per heavy atom. The molecule has 0 aliphatic heterocycles. The topological polar surface area (TPSA) is 66.8 Å². The molecule has 0 spiro atoms. The molecule has 0 fully saturated rings. The van der Waals surface area contributed by atoms with Gasteiger partial charge in [-0.25, -0.2) is 0 Å². The summed E-state index contributed by atoms with van der Waals surface area (Å²) in [5.74, 6) is -2.10. The maximum absolute atomic E-state index is 13.0. The first kappa shape index (κ1) is 31.6. The minimum Gasteiger partial charge on any atom is -0.462 e.